The van der Waals surface area contributed by atoms with E-state index in [1.54, 1.807) is 0 Å². The van der Waals surface area contributed by atoms with E-state index in [-0.39, 0.29) is 12.0 Å². The molecule has 0 saturated heterocycles. The second-order valence-corrected chi connectivity index (χ2v) is 3.61. The van der Waals surface area contributed by atoms with Crippen LogP contribution in [0.1, 0.15) is 11.4 Å². The summed E-state index contributed by atoms with van der Waals surface area (Å²) >= 11 is 0. The van der Waals surface area contributed by atoms with Gasteiger partial charge >= 0.3 is 12.0 Å². The molecule has 0 saturated carbocycles. The Bertz CT molecular complexity index is 558. The summed E-state index contributed by atoms with van der Waals surface area (Å²) in [7, 11) is 2.93. The molecule has 8 heteroatoms. The van der Waals surface area contributed by atoms with Gasteiger partial charge in [-0.15, -0.1) is 4.98 Å². The first-order chi connectivity index (χ1) is 8.56. The van der Waals surface area contributed by atoms with Gasteiger partial charge in [0, 0.05) is 0 Å². The van der Waals surface area contributed by atoms with E-state index in [0.29, 0.717) is 17.3 Å². The molecule has 0 radical (unpaired) electrons. The van der Waals surface area contributed by atoms with Gasteiger partial charge in [0.2, 0.25) is 0 Å². The molecule has 2 rings (SSSR count). The number of methoxy groups -OCH3 is 2. The Hall–Kier alpha value is -2.38. The summed E-state index contributed by atoms with van der Waals surface area (Å²) in [5.74, 6) is 0.302. The van der Waals surface area contributed by atoms with Crippen LogP contribution in [0.5, 0.6) is 12.0 Å². The lowest BCUT2D eigenvalue weighted by Crippen LogP contribution is -2.09. The third kappa shape index (κ3) is 1.92. The number of aryl methyl sites for hydroxylation is 1. The van der Waals surface area contributed by atoms with Gasteiger partial charge in [0.15, 0.2) is 0 Å². The molecule has 0 aliphatic rings. The molecule has 0 atom stereocenters. The largest absolute Gasteiger partial charge is 0.467 e. The van der Waals surface area contributed by atoms with Crippen molar-refractivity contribution in [3.63, 3.8) is 0 Å². The molecule has 0 spiro atoms. The van der Waals surface area contributed by atoms with Gasteiger partial charge in [-0.2, -0.15) is 15.1 Å². The van der Waals surface area contributed by atoms with E-state index in [9.17, 15) is 0 Å². The van der Waals surface area contributed by atoms with Crippen molar-refractivity contribution in [1.29, 1.82) is 0 Å². The normalized spacial score (nSPS) is 10.4. The first kappa shape index (κ1) is 12.1. The molecule has 18 heavy (non-hydrogen) atoms. The highest BCUT2D eigenvalue weighted by Crippen LogP contribution is 2.19. The second kappa shape index (κ2) is 4.47. The number of rotatable bonds is 3. The van der Waals surface area contributed by atoms with Crippen LogP contribution in [0.3, 0.4) is 0 Å². The Balaban J connectivity index is 2.59. The van der Waals surface area contributed by atoms with Crippen LogP contribution in [0.2, 0.25) is 0 Å². The maximum Gasteiger partial charge on any atom is 0.324 e. The number of aromatic nitrogens is 5. The van der Waals surface area contributed by atoms with Gasteiger partial charge in [0.25, 0.3) is 5.95 Å². The Morgan fingerprint density at radius 3 is 1.94 bits per heavy atom. The minimum Gasteiger partial charge on any atom is -0.467 e. The molecular weight excluding hydrogens is 236 g/mol. The van der Waals surface area contributed by atoms with Crippen molar-refractivity contribution in [1.82, 2.24) is 24.7 Å². The number of ether oxygens (including phenoxy) is 2. The number of nitrogens with zero attached hydrogens (tertiary/aromatic N) is 5. The summed E-state index contributed by atoms with van der Waals surface area (Å²) in [5, 5.41) is 4.26. The second-order valence-electron chi connectivity index (χ2n) is 3.61. The standard InChI is InChI=1S/C10H14N6O2/c1-5-7(11)6(2)16(15-5)8-12-9(17-3)14-10(13-8)18-4/h11H2,1-4H3. The molecule has 0 aromatic carbocycles. The summed E-state index contributed by atoms with van der Waals surface area (Å²) in [5.41, 5.74) is 7.94. The summed E-state index contributed by atoms with van der Waals surface area (Å²) in [6.07, 6.45) is 0. The average Bonchev–Trinajstić information content (AvgIpc) is 2.65. The molecule has 0 fully saturated rings. The molecule has 0 bridgehead atoms. The molecule has 2 heterocycles. The van der Waals surface area contributed by atoms with Gasteiger partial charge in [-0.25, -0.2) is 4.68 Å². The Kier molecular flexibility index (Phi) is 3.00. The van der Waals surface area contributed by atoms with Gasteiger partial charge in [-0.3, -0.25) is 0 Å². The third-order valence-corrected chi connectivity index (χ3v) is 2.48. The average molecular weight is 250 g/mol. The zero-order valence-corrected chi connectivity index (χ0v) is 10.6. The molecule has 0 aliphatic heterocycles. The number of hydrogen-bond donors (Lipinski definition) is 1. The lowest BCUT2D eigenvalue weighted by molar-refractivity contribution is 0.338. The van der Waals surface area contributed by atoms with Crippen LogP contribution in [-0.4, -0.2) is 39.0 Å². The highest BCUT2D eigenvalue weighted by Gasteiger charge is 2.15. The van der Waals surface area contributed by atoms with Crippen molar-refractivity contribution in [2.24, 2.45) is 0 Å². The third-order valence-electron chi connectivity index (χ3n) is 2.48. The van der Waals surface area contributed by atoms with Crippen LogP contribution in [-0.2, 0) is 0 Å². The minimum atomic E-state index is 0.156. The van der Waals surface area contributed by atoms with Crippen LogP contribution >= 0.6 is 0 Å². The van der Waals surface area contributed by atoms with Crippen LogP contribution in [0.4, 0.5) is 5.69 Å². The molecule has 2 aromatic rings. The van der Waals surface area contributed by atoms with E-state index in [1.807, 2.05) is 13.8 Å². The zero-order valence-electron chi connectivity index (χ0n) is 10.6. The van der Waals surface area contributed by atoms with Crippen molar-refractivity contribution < 1.29 is 9.47 Å². The zero-order chi connectivity index (χ0) is 13.3. The topological polar surface area (TPSA) is 101 Å². The first-order valence-electron chi connectivity index (χ1n) is 5.23. The van der Waals surface area contributed by atoms with E-state index in [0.717, 1.165) is 5.69 Å². The summed E-state index contributed by atoms with van der Waals surface area (Å²) in [6, 6.07) is 0.311. The fourth-order valence-electron chi connectivity index (χ4n) is 1.45. The van der Waals surface area contributed by atoms with Crippen LogP contribution in [0, 0.1) is 13.8 Å². The number of hydrogen-bond acceptors (Lipinski definition) is 7. The van der Waals surface area contributed by atoms with Crippen molar-refractivity contribution in [3.05, 3.63) is 11.4 Å². The molecule has 0 unspecified atom stereocenters. The quantitative estimate of drug-likeness (QED) is 0.834. The highest BCUT2D eigenvalue weighted by atomic mass is 16.5. The predicted octanol–water partition coefficient (Wildman–Crippen LogP) is 0.274. The molecule has 2 aromatic heterocycles. The lowest BCUT2D eigenvalue weighted by atomic mass is 10.3. The van der Waals surface area contributed by atoms with E-state index in [2.05, 4.69) is 20.1 Å². The summed E-state index contributed by atoms with van der Waals surface area (Å²) < 4.78 is 11.5. The molecule has 96 valence electrons. The van der Waals surface area contributed by atoms with E-state index >= 15 is 0 Å². The van der Waals surface area contributed by atoms with Gasteiger partial charge < -0.3 is 15.2 Å². The number of anilines is 1. The van der Waals surface area contributed by atoms with E-state index in [1.165, 1.54) is 18.9 Å². The van der Waals surface area contributed by atoms with Crippen LogP contribution < -0.4 is 15.2 Å². The van der Waals surface area contributed by atoms with Crippen LogP contribution in [0.15, 0.2) is 0 Å². The highest BCUT2D eigenvalue weighted by molar-refractivity contribution is 5.48. The molecule has 0 aliphatic carbocycles. The summed E-state index contributed by atoms with van der Waals surface area (Å²) in [4.78, 5) is 12.1. The van der Waals surface area contributed by atoms with Crippen molar-refractivity contribution in [3.8, 4) is 18.0 Å². The molecule has 0 amide bonds. The number of nitrogen functional groups attached to an aromatic ring is 1. The van der Waals surface area contributed by atoms with E-state index < -0.39 is 0 Å². The smallest absolute Gasteiger partial charge is 0.324 e. The van der Waals surface area contributed by atoms with Gasteiger partial charge in [-0.1, -0.05) is 0 Å². The van der Waals surface area contributed by atoms with E-state index in [4.69, 9.17) is 15.2 Å². The van der Waals surface area contributed by atoms with Crippen molar-refractivity contribution in [2.75, 3.05) is 20.0 Å². The lowest BCUT2D eigenvalue weighted by Gasteiger charge is -2.06. The SMILES string of the molecule is COc1nc(OC)nc(-n2nc(C)c(N)c2C)n1. The Morgan fingerprint density at radius 2 is 1.56 bits per heavy atom. The number of nitrogens with two attached hydrogens (primary N) is 1. The van der Waals surface area contributed by atoms with Gasteiger partial charge in [-0.05, 0) is 13.8 Å². The molecule has 2 N–H and O–H groups in total. The Labute approximate surface area is 104 Å². The van der Waals surface area contributed by atoms with Crippen molar-refractivity contribution >= 4 is 5.69 Å². The fourth-order valence-corrected chi connectivity index (χ4v) is 1.45. The maximum atomic E-state index is 5.86. The monoisotopic (exact) mass is 250 g/mol. The fraction of sp³-hybridized carbons (Fsp3) is 0.400. The summed E-state index contributed by atoms with van der Waals surface area (Å²) in [6.45, 7) is 3.65. The van der Waals surface area contributed by atoms with Gasteiger partial charge in [0.1, 0.15) is 0 Å². The van der Waals surface area contributed by atoms with Crippen molar-refractivity contribution in [2.45, 2.75) is 13.8 Å². The maximum absolute atomic E-state index is 5.86. The minimum absolute atomic E-state index is 0.156. The first-order valence-corrected chi connectivity index (χ1v) is 5.23. The predicted molar refractivity (Wildman–Crippen MR) is 63.9 cm³/mol. The molecule has 8 nitrogen and oxygen atoms in total. The van der Waals surface area contributed by atoms with Gasteiger partial charge in [0.05, 0.1) is 31.3 Å². The Morgan fingerprint density at radius 1 is 1.00 bits per heavy atom. The molecular formula is C10H14N6O2. The van der Waals surface area contributed by atoms with Crippen LogP contribution in [0.25, 0.3) is 5.95 Å².